The molecule has 3 nitrogen and oxygen atoms in total. The summed E-state index contributed by atoms with van der Waals surface area (Å²) in [6, 6.07) is 0. The van der Waals surface area contributed by atoms with E-state index in [1.807, 2.05) is 0 Å². The van der Waals surface area contributed by atoms with Crippen molar-refractivity contribution in [1.29, 1.82) is 0 Å². The average Bonchev–Trinajstić information content (AvgIpc) is 2.55. The zero-order chi connectivity index (χ0) is 12.4. The molecule has 0 spiro atoms. The van der Waals surface area contributed by atoms with Gasteiger partial charge in [0.1, 0.15) is 0 Å². The Morgan fingerprint density at radius 1 is 1.24 bits per heavy atom. The van der Waals surface area contributed by atoms with E-state index >= 15 is 0 Å². The van der Waals surface area contributed by atoms with Crippen LogP contribution in [0.3, 0.4) is 0 Å². The Balaban J connectivity index is 1.71. The minimum absolute atomic E-state index is 0.159. The van der Waals surface area contributed by atoms with E-state index in [1.165, 1.54) is 38.5 Å². The molecule has 0 aromatic heterocycles. The van der Waals surface area contributed by atoms with Crippen LogP contribution in [-0.4, -0.2) is 32.0 Å². The molecule has 1 N–H and O–H groups in total. The summed E-state index contributed by atoms with van der Waals surface area (Å²) in [4.78, 5) is 0. The van der Waals surface area contributed by atoms with Gasteiger partial charge in [-0.25, -0.2) is 8.42 Å². The summed E-state index contributed by atoms with van der Waals surface area (Å²) in [7, 11) is -2.77. The first-order valence-corrected chi connectivity index (χ1v) is 8.77. The van der Waals surface area contributed by atoms with Crippen LogP contribution in [-0.2, 0) is 9.84 Å². The van der Waals surface area contributed by atoms with Gasteiger partial charge in [0.15, 0.2) is 9.84 Å². The molecular formula is C13H25NO2S. The fourth-order valence-corrected chi connectivity index (χ4v) is 5.33. The van der Waals surface area contributed by atoms with E-state index in [4.69, 9.17) is 0 Å². The highest BCUT2D eigenvalue weighted by atomic mass is 32.2. The molecule has 2 aliphatic rings. The lowest BCUT2D eigenvalue weighted by Gasteiger charge is -2.27. The molecule has 1 saturated heterocycles. The molecular weight excluding hydrogens is 234 g/mol. The van der Waals surface area contributed by atoms with Crippen LogP contribution >= 0.6 is 0 Å². The summed E-state index contributed by atoms with van der Waals surface area (Å²) in [5, 5.41) is 3.48. The number of hydrogen-bond acceptors (Lipinski definition) is 3. The third-order valence-electron chi connectivity index (χ3n) is 4.33. The quantitative estimate of drug-likeness (QED) is 0.841. The highest BCUT2D eigenvalue weighted by molar-refractivity contribution is 7.91. The van der Waals surface area contributed by atoms with Crippen LogP contribution < -0.4 is 5.32 Å². The molecule has 1 atom stereocenters. The minimum Gasteiger partial charge on any atom is -0.310 e. The number of nitrogens with one attached hydrogen (secondary N) is 1. The molecule has 0 aromatic rings. The largest absolute Gasteiger partial charge is 0.310 e. The molecule has 0 radical (unpaired) electrons. The van der Waals surface area contributed by atoms with E-state index in [-0.39, 0.29) is 5.54 Å². The molecule has 2 fully saturated rings. The maximum absolute atomic E-state index is 11.5. The van der Waals surface area contributed by atoms with Crippen LogP contribution in [0.2, 0.25) is 0 Å². The lowest BCUT2D eigenvalue weighted by Crippen LogP contribution is -2.44. The fourth-order valence-electron chi connectivity index (χ4n) is 3.20. The minimum atomic E-state index is -2.77. The Kier molecular flexibility index (Phi) is 4.14. The zero-order valence-electron chi connectivity index (χ0n) is 10.9. The van der Waals surface area contributed by atoms with Gasteiger partial charge in [0.25, 0.3) is 0 Å². The SMILES string of the molecule is CC1(NCCC2CCCCC2)CCS(=O)(=O)C1. The maximum atomic E-state index is 11.5. The van der Waals surface area contributed by atoms with Gasteiger partial charge in [-0.15, -0.1) is 0 Å². The van der Waals surface area contributed by atoms with Gasteiger partial charge in [-0.1, -0.05) is 32.1 Å². The third kappa shape index (κ3) is 3.95. The summed E-state index contributed by atoms with van der Waals surface area (Å²) < 4.78 is 22.9. The average molecular weight is 259 g/mol. The molecule has 1 unspecified atom stereocenters. The molecule has 0 aromatic carbocycles. The van der Waals surface area contributed by atoms with Crippen LogP contribution in [0.15, 0.2) is 0 Å². The van der Waals surface area contributed by atoms with E-state index in [0.717, 1.165) is 18.9 Å². The molecule has 0 amide bonds. The maximum Gasteiger partial charge on any atom is 0.152 e. The van der Waals surface area contributed by atoms with Gasteiger partial charge >= 0.3 is 0 Å². The second-order valence-electron chi connectivity index (χ2n) is 6.12. The Morgan fingerprint density at radius 2 is 1.94 bits per heavy atom. The zero-order valence-corrected chi connectivity index (χ0v) is 11.7. The van der Waals surface area contributed by atoms with Gasteiger partial charge in [0, 0.05) is 5.54 Å². The predicted octanol–water partition coefficient (Wildman–Crippen LogP) is 2.12. The molecule has 1 aliphatic carbocycles. The Morgan fingerprint density at radius 3 is 2.53 bits per heavy atom. The van der Waals surface area contributed by atoms with Gasteiger partial charge < -0.3 is 5.32 Å². The van der Waals surface area contributed by atoms with Crippen molar-refractivity contribution in [3.63, 3.8) is 0 Å². The van der Waals surface area contributed by atoms with Crippen molar-refractivity contribution in [2.45, 2.75) is 57.4 Å². The second-order valence-corrected chi connectivity index (χ2v) is 8.31. The van der Waals surface area contributed by atoms with Gasteiger partial charge in [0.2, 0.25) is 0 Å². The molecule has 17 heavy (non-hydrogen) atoms. The van der Waals surface area contributed by atoms with Crippen LogP contribution in [0.25, 0.3) is 0 Å². The van der Waals surface area contributed by atoms with E-state index in [0.29, 0.717) is 11.5 Å². The van der Waals surface area contributed by atoms with E-state index < -0.39 is 9.84 Å². The van der Waals surface area contributed by atoms with Crippen LogP contribution in [0, 0.1) is 5.92 Å². The number of sulfone groups is 1. The number of rotatable bonds is 4. The lowest BCUT2D eigenvalue weighted by atomic mass is 9.87. The highest BCUT2D eigenvalue weighted by Gasteiger charge is 2.37. The van der Waals surface area contributed by atoms with Gasteiger partial charge in [-0.05, 0) is 32.2 Å². The van der Waals surface area contributed by atoms with Crippen molar-refractivity contribution in [1.82, 2.24) is 5.32 Å². The molecule has 4 heteroatoms. The Hall–Kier alpha value is -0.0900. The molecule has 1 aliphatic heterocycles. The van der Waals surface area contributed by atoms with Crippen molar-refractivity contribution < 1.29 is 8.42 Å². The summed E-state index contributed by atoms with van der Waals surface area (Å²) in [5.41, 5.74) is -0.159. The van der Waals surface area contributed by atoms with Crippen molar-refractivity contribution in [2.24, 2.45) is 5.92 Å². The first kappa shape index (κ1) is 13.3. The summed E-state index contributed by atoms with van der Waals surface area (Å²) in [5.74, 6) is 1.56. The van der Waals surface area contributed by atoms with Crippen LogP contribution in [0.4, 0.5) is 0 Å². The van der Waals surface area contributed by atoms with E-state index in [1.54, 1.807) is 0 Å². The highest BCUT2D eigenvalue weighted by Crippen LogP contribution is 2.27. The van der Waals surface area contributed by atoms with Crippen LogP contribution in [0.1, 0.15) is 51.9 Å². The van der Waals surface area contributed by atoms with Crippen molar-refractivity contribution in [3.8, 4) is 0 Å². The molecule has 0 bridgehead atoms. The van der Waals surface area contributed by atoms with Crippen molar-refractivity contribution in [3.05, 3.63) is 0 Å². The standard InChI is InChI=1S/C13H25NO2S/c1-13(8-10-17(15,16)11-13)14-9-7-12-5-3-2-4-6-12/h12,14H,2-11H2,1H3. The van der Waals surface area contributed by atoms with Crippen molar-refractivity contribution >= 4 is 9.84 Å². The van der Waals surface area contributed by atoms with Gasteiger partial charge in [-0.3, -0.25) is 0 Å². The Bertz CT molecular complexity index is 346. The van der Waals surface area contributed by atoms with E-state index in [9.17, 15) is 8.42 Å². The third-order valence-corrected chi connectivity index (χ3v) is 6.24. The normalized spacial score (nSPS) is 33.9. The van der Waals surface area contributed by atoms with Gasteiger partial charge in [0.05, 0.1) is 11.5 Å². The molecule has 1 saturated carbocycles. The van der Waals surface area contributed by atoms with Gasteiger partial charge in [-0.2, -0.15) is 0 Å². The summed E-state index contributed by atoms with van der Waals surface area (Å²) >= 11 is 0. The summed E-state index contributed by atoms with van der Waals surface area (Å²) in [6.45, 7) is 3.04. The number of hydrogen-bond donors (Lipinski definition) is 1. The second kappa shape index (κ2) is 5.27. The first-order chi connectivity index (χ1) is 7.99. The lowest BCUT2D eigenvalue weighted by molar-refractivity contribution is 0.310. The van der Waals surface area contributed by atoms with Crippen LogP contribution in [0.5, 0.6) is 0 Å². The molecule has 1 heterocycles. The molecule has 2 rings (SSSR count). The monoisotopic (exact) mass is 259 g/mol. The van der Waals surface area contributed by atoms with Crippen molar-refractivity contribution in [2.75, 3.05) is 18.1 Å². The fraction of sp³-hybridized carbons (Fsp3) is 1.00. The first-order valence-electron chi connectivity index (χ1n) is 6.95. The van der Waals surface area contributed by atoms with E-state index in [2.05, 4.69) is 12.2 Å². The smallest absolute Gasteiger partial charge is 0.152 e. The summed E-state index contributed by atoms with van der Waals surface area (Å²) in [6.07, 6.45) is 8.91. The predicted molar refractivity (Wildman–Crippen MR) is 70.9 cm³/mol. The Labute approximate surface area is 105 Å². The topological polar surface area (TPSA) is 46.2 Å². The molecule has 100 valence electrons.